The molecule has 596 valence electrons. The summed E-state index contributed by atoms with van der Waals surface area (Å²) in [6.45, 7) is 2.94. The second-order valence-corrected chi connectivity index (χ2v) is 32.4. The number of carbonyl (C=O) groups excluding carboxylic acids is 6. The number of anilines is 1. The maximum absolute atomic E-state index is 16.9. The first-order valence-electron chi connectivity index (χ1n) is 34.4. The molecule has 109 heavy (non-hydrogen) atoms. The molecule has 2 bridgehead atoms. The van der Waals surface area contributed by atoms with E-state index in [9.17, 15) is 55.3 Å². The number of methoxy groups -OCH3 is 2. The zero-order valence-corrected chi connectivity index (χ0v) is 62.6. The average Bonchev–Trinajstić information content (AvgIpc) is 1.59. The van der Waals surface area contributed by atoms with Crippen LogP contribution in [0, 0.1) is 53.1 Å². The summed E-state index contributed by atoms with van der Waals surface area (Å²) in [6.07, 6.45) is -15.7. The minimum Gasteiger partial charge on any atom is -0.469 e. The fraction of sp³-hybridized carbons (Fsp3) is 0.528. The Morgan fingerprint density at radius 2 is 1.40 bits per heavy atom. The lowest BCUT2D eigenvalue weighted by Crippen LogP contribution is -2.62. The molecule has 3 aliphatic heterocycles. The molecule has 3 aromatic carbocycles. The molecular weight excluding hydrogens is 1500 g/mol. The van der Waals surface area contributed by atoms with Crippen molar-refractivity contribution in [3.63, 3.8) is 0 Å². The lowest BCUT2D eigenvalue weighted by molar-refractivity contribution is -0.231. The van der Waals surface area contributed by atoms with Gasteiger partial charge in [-0.3, -0.25) is 43.4 Å². The third kappa shape index (κ3) is 22.4. The van der Waals surface area contributed by atoms with E-state index in [0.717, 1.165) is 58.2 Å². The maximum Gasteiger partial charge on any atom is 0.407 e. The number of alkyl carbamates (subject to hydrolysis) is 1. The van der Waals surface area contributed by atoms with Crippen LogP contribution in [0.25, 0.3) is 11.3 Å². The van der Waals surface area contributed by atoms with Crippen LogP contribution in [0.15, 0.2) is 79.1 Å². The summed E-state index contributed by atoms with van der Waals surface area (Å²) < 4.78 is 219. The van der Waals surface area contributed by atoms with Crippen LogP contribution in [-0.2, 0) is 88.6 Å². The Hall–Kier alpha value is -8.56. The van der Waals surface area contributed by atoms with Gasteiger partial charge in [-0.05, 0) is 105 Å². The Balaban J connectivity index is 1.27. The maximum atomic E-state index is 16.9. The molecule has 8 rings (SSSR count). The van der Waals surface area contributed by atoms with Gasteiger partial charge in [0.15, 0.2) is 5.78 Å². The molecule has 3 amide bonds. The van der Waals surface area contributed by atoms with E-state index in [2.05, 4.69) is 47.0 Å². The third-order valence-corrected chi connectivity index (χ3v) is 21.3. The number of piperazine rings is 1. The Kier molecular flexibility index (Phi) is 27.5. The number of alkyl halides is 8. The number of aryl methyl sites for hydroxylation is 1. The highest BCUT2D eigenvalue weighted by atomic mass is 32.2. The molecule has 0 spiro atoms. The average molecular weight is 1590 g/mol. The van der Waals surface area contributed by atoms with Gasteiger partial charge in [-0.1, -0.05) is 69.4 Å². The SMILES string of the molecule is COC(=O)C[C@H](C(=O)NN(Cc1c(F)cc(-c2ccn(C(F)F)n2)cc1F)C[C@H](OC(=O)CC(C)(C)c1c(CC(=O)NCCS(=O)(=O)O)cc(C)cc1CP(=O)(O)O)[C@@H](CC(=O)[C@@H](NC(=O)OC)C(C)(C)C(F)(F)F)Cc1ccc(C#Cc2ccc(N3CC4CCC(C3)N4C3COC3)nc2)cc1)C(C)(C)C(F)(F)F. The number of pyridine rings is 1. The molecule has 0 radical (unpaired) electrons. The Labute approximate surface area is 622 Å². The van der Waals surface area contributed by atoms with Crippen molar-refractivity contribution in [1.29, 1.82) is 0 Å². The second-order valence-electron chi connectivity index (χ2n) is 29.2. The largest absolute Gasteiger partial charge is 0.469 e. The van der Waals surface area contributed by atoms with Gasteiger partial charge in [0.2, 0.25) is 11.8 Å². The van der Waals surface area contributed by atoms with Crippen LogP contribution in [-0.4, -0.2) is 185 Å². The summed E-state index contributed by atoms with van der Waals surface area (Å²) in [5, 5.41) is 8.37. The number of halogens is 10. The minimum absolute atomic E-state index is 0.00840. The number of hydrazine groups is 1. The molecule has 25 nitrogen and oxygen atoms in total. The smallest absolute Gasteiger partial charge is 0.407 e. The first-order valence-corrected chi connectivity index (χ1v) is 37.8. The van der Waals surface area contributed by atoms with Gasteiger partial charge in [0, 0.05) is 90.7 Å². The van der Waals surface area contributed by atoms with E-state index in [4.69, 9.17) is 14.5 Å². The lowest BCUT2D eigenvalue weighted by atomic mass is 9.75. The molecular formula is C72H86F10N9O16PS. The van der Waals surface area contributed by atoms with E-state index >= 15 is 44.7 Å². The van der Waals surface area contributed by atoms with Crippen LogP contribution < -0.4 is 21.0 Å². The predicted molar refractivity (Wildman–Crippen MR) is 373 cm³/mol. The van der Waals surface area contributed by atoms with Crippen molar-refractivity contribution >= 4 is 59.2 Å². The van der Waals surface area contributed by atoms with Crippen LogP contribution in [0.3, 0.4) is 0 Å². The highest BCUT2D eigenvalue weighted by Crippen LogP contribution is 2.48. The Morgan fingerprint density at radius 3 is 1.94 bits per heavy atom. The first-order chi connectivity index (χ1) is 50.7. The fourth-order valence-corrected chi connectivity index (χ4v) is 14.9. The van der Waals surface area contributed by atoms with E-state index in [-0.39, 0.29) is 26.9 Å². The highest BCUT2D eigenvalue weighted by molar-refractivity contribution is 7.85. The van der Waals surface area contributed by atoms with Crippen molar-refractivity contribution in [3.8, 4) is 23.1 Å². The van der Waals surface area contributed by atoms with Gasteiger partial charge in [-0.15, -0.1) is 0 Å². The van der Waals surface area contributed by atoms with E-state index in [1.54, 1.807) is 12.3 Å². The summed E-state index contributed by atoms with van der Waals surface area (Å²) in [5.74, 6) is -8.31. The Morgan fingerprint density at radius 1 is 0.798 bits per heavy atom. The van der Waals surface area contributed by atoms with Crippen molar-refractivity contribution in [2.45, 2.75) is 161 Å². The molecule has 3 saturated heterocycles. The van der Waals surface area contributed by atoms with Crippen LogP contribution in [0.1, 0.15) is 125 Å². The number of nitrogens with zero attached hydrogens (tertiary/aromatic N) is 6. The summed E-state index contributed by atoms with van der Waals surface area (Å²) >= 11 is 0. The van der Waals surface area contributed by atoms with Crippen molar-refractivity contribution in [3.05, 3.63) is 135 Å². The molecule has 5 aromatic rings. The summed E-state index contributed by atoms with van der Waals surface area (Å²) in [4.78, 5) is 115. The minimum atomic E-state index is -5.32. The van der Waals surface area contributed by atoms with Crippen LogP contribution in [0.2, 0.25) is 0 Å². The van der Waals surface area contributed by atoms with E-state index in [1.165, 1.54) is 57.2 Å². The topological polar surface area (TPSA) is 328 Å². The number of hydrogen-bond donors (Lipinski definition) is 6. The molecule has 37 heteroatoms. The number of rotatable bonds is 32. The molecule has 2 aromatic heterocycles. The monoisotopic (exact) mass is 1590 g/mol. The number of carbonyl (C=O) groups is 6. The molecule has 3 fully saturated rings. The number of ketones is 1. The van der Waals surface area contributed by atoms with Gasteiger partial charge in [0.25, 0.3) is 10.1 Å². The van der Waals surface area contributed by atoms with Gasteiger partial charge in [-0.25, -0.2) is 28.3 Å². The van der Waals surface area contributed by atoms with E-state index in [0.29, 0.717) is 92.9 Å². The fourth-order valence-electron chi connectivity index (χ4n) is 13.9. The van der Waals surface area contributed by atoms with Crippen LogP contribution >= 0.6 is 7.60 Å². The number of Topliss-reactive ketones (excluding diaryl/α,β-unsaturated/α-hetero) is 1. The Bertz CT molecular complexity index is 4340. The molecule has 5 heterocycles. The van der Waals surface area contributed by atoms with Crippen molar-refractivity contribution in [2.75, 3.05) is 64.3 Å². The number of nitrogens with one attached hydrogen (secondary N) is 3. The zero-order valence-electron chi connectivity index (χ0n) is 60.9. The standard InChI is InChI=1S/C72H86F10N9O16PS/c1-41-24-47(30-60(93)83-21-23-109(101,102)103)63(48(25-41)40-108(98,99)100)68(2,3)32-62(95)107-58(37-89(87-65(96)53(31-61(94)104-8)69(4,5)71(77,78)79)36-52-54(73)27-45(28-55(52)74)56-20-22-90(86-56)66(75)76)46(29-57(92)64(85-67(97)105-9)70(6,7)72(80,81)82)26-43-13-10-42(11-14-43)12-15-44-16-19-59(84-33-44)88-34-49-17-18-50(35-88)91(49)51-38-106-39-51/h10-11,13-14,16,19-20,22,24-25,27-28,33,46,49-51,53,58,64,66H,17-18,21,23,26,29-32,34-40H2,1-9H3,(H,83,93)(H,85,97)(H,87,96)(H2,98,99,100)(H,101,102,103)/t46-,49?,50?,53-,58+,64-/m1/s1. The van der Waals surface area contributed by atoms with Crippen LogP contribution in [0.5, 0.6) is 0 Å². The number of fused-ring (bicyclic) bond motifs is 2. The summed E-state index contributed by atoms with van der Waals surface area (Å²) in [5.41, 5.74) is -6.79. The van der Waals surface area contributed by atoms with Gasteiger partial charge < -0.3 is 44.3 Å². The number of benzene rings is 3. The van der Waals surface area contributed by atoms with Gasteiger partial charge in [-0.2, -0.15) is 48.6 Å². The van der Waals surface area contributed by atoms with Crippen molar-refractivity contribution in [2.24, 2.45) is 22.7 Å². The number of ether oxygens (including phenoxy) is 4. The predicted octanol–water partition coefficient (Wildman–Crippen LogP) is 9.61. The molecule has 3 aliphatic rings. The summed E-state index contributed by atoms with van der Waals surface area (Å²) in [7, 11) is -8.12. The number of esters is 2. The van der Waals surface area contributed by atoms with Gasteiger partial charge in [0.1, 0.15) is 29.6 Å². The van der Waals surface area contributed by atoms with E-state index in [1.807, 2.05) is 11.4 Å². The van der Waals surface area contributed by atoms with Crippen molar-refractivity contribution in [1.82, 2.24) is 40.7 Å². The van der Waals surface area contributed by atoms with Crippen LogP contribution in [0.4, 0.5) is 54.5 Å². The number of amides is 3. The van der Waals surface area contributed by atoms with Gasteiger partial charge in [0.05, 0.1) is 93.6 Å². The molecule has 6 atom stereocenters. The normalized spacial score (nSPS) is 17.2. The number of hydrogen-bond acceptors (Lipinski definition) is 18. The lowest BCUT2D eigenvalue weighted by Gasteiger charge is -2.47. The molecule has 0 saturated carbocycles. The quantitative estimate of drug-likeness (QED) is 0.00444. The van der Waals surface area contributed by atoms with Gasteiger partial charge >= 0.3 is 44.5 Å². The highest BCUT2D eigenvalue weighted by Gasteiger charge is 2.57. The number of aromatic nitrogens is 3. The summed E-state index contributed by atoms with van der Waals surface area (Å²) in [6, 6.07) is 13.0. The zero-order chi connectivity index (χ0) is 80.7. The molecule has 0 aliphatic carbocycles. The first kappa shape index (κ1) is 86.0. The third-order valence-electron chi connectivity index (χ3n) is 19.8. The molecule has 2 unspecified atom stereocenters. The molecule has 6 N–H and O–H groups in total. The van der Waals surface area contributed by atoms with E-state index < -0.39 is 205 Å². The second kappa shape index (κ2) is 34.8. The van der Waals surface area contributed by atoms with Crippen molar-refractivity contribution < 1.29 is 119 Å².